The molecule has 0 atom stereocenters. The van der Waals surface area contributed by atoms with E-state index in [4.69, 9.17) is 23.7 Å². The second kappa shape index (κ2) is 7.99. The van der Waals surface area contributed by atoms with Crippen molar-refractivity contribution in [3.05, 3.63) is 65.2 Å². The molecule has 0 aromatic heterocycles. The Kier molecular flexibility index (Phi) is 5.23. The number of rotatable bonds is 5. The van der Waals surface area contributed by atoms with Gasteiger partial charge in [0.15, 0.2) is 28.8 Å². The average Bonchev–Trinajstić information content (AvgIpc) is 2.93. The Hall–Kier alpha value is -3.67. The zero-order valence-corrected chi connectivity index (χ0v) is 17.3. The number of fused-ring (bicyclic) bond motifs is 2. The van der Waals surface area contributed by atoms with Gasteiger partial charge in [0.25, 0.3) is 0 Å². The Balaban J connectivity index is 1.80. The normalized spacial score (nSPS) is 12.2. The number of ether oxygens (including phenoxy) is 5. The van der Waals surface area contributed by atoms with Gasteiger partial charge in [-0.25, -0.2) is 0 Å². The molecule has 1 aliphatic heterocycles. The molecule has 0 amide bonds. The molecule has 1 heterocycles. The van der Waals surface area contributed by atoms with Crippen molar-refractivity contribution in [1.29, 1.82) is 0 Å². The van der Waals surface area contributed by atoms with E-state index in [1.165, 1.54) is 7.11 Å². The first kappa shape index (κ1) is 19.6. The van der Waals surface area contributed by atoms with Crippen molar-refractivity contribution in [3.8, 4) is 39.9 Å². The van der Waals surface area contributed by atoms with Crippen molar-refractivity contribution < 1.29 is 28.5 Å². The van der Waals surface area contributed by atoms with E-state index in [0.717, 1.165) is 16.7 Å². The first-order chi connectivity index (χ1) is 14.6. The molecule has 6 nitrogen and oxygen atoms in total. The highest BCUT2D eigenvalue weighted by molar-refractivity contribution is 6.13. The molecule has 154 valence electrons. The second-order valence-corrected chi connectivity index (χ2v) is 6.76. The molecule has 4 rings (SSSR count). The first-order valence-electron chi connectivity index (χ1n) is 9.38. The quantitative estimate of drug-likeness (QED) is 0.621. The van der Waals surface area contributed by atoms with Gasteiger partial charge < -0.3 is 23.7 Å². The molecule has 0 unspecified atom stereocenters. The summed E-state index contributed by atoms with van der Waals surface area (Å²) >= 11 is 0. The van der Waals surface area contributed by atoms with E-state index in [1.54, 1.807) is 33.5 Å². The third kappa shape index (κ3) is 3.30. The monoisotopic (exact) mass is 406 g/mol. The molecular formula is C24H22O6. The lowest BCUT2D eigenvalue weighted by molar-refractivity contribution is 0.103. The van der Waals surface area contributed by atoms with Crippen LogP contribution in [0.2, 0.25) is 0 Å². The summed E-state index contributed by atoms with van der Waals surface area (Å²) in [6.07, 6.45) is 0. The molecule has 3 aromatic carbocycles. The Morgan fingerprint density at radius 1 is 0.667 bits per heavy atom. The number of carbonyl (C=O) groups excluding carboxylic acids is 1. The average molecular weight is 406 g/mol. The van der Waals surface area contributed by atoms with Crippen LogP contribution in [0.15, 0.2) is 48.5 Å². The maximum atomic E-state index is 13.4. The largest absolute Gasteiger partial charge is 0.493 e. The first-order valence-corrected chi connectivity index (χ1v) is 9.38. The van der Waals surface area contributed by atoms with E-state index in [-0.39, 0.29) is 12.4 Å². The molecule has 0 bridgehead atoms. The molecule has 1 aliphatic rings. The van der Waals surface area contributed by atoms with Crippen molar-refractivity contribution in [3.63, 3.8) is 0 Å². The molecule has 0 aliphatic carbocycles. The summed E-state index contributed by atoms with van der Waals surface area (Å²) in [5.41, 5.74) is 3.66. The Morgan fingerprint density at radius 3 is 1.97 bits per heavy atom. The minimum atomic E-state index is -0.124. The third-order valence-electron chi connectivity index (χ3n) is 5.18. The van der Waals surface area contributed by atoms with Gasteiger partial charge in [-0.3, -0.25) is 4.79 Å². The zero-order valence-electron chi connectivity index (χ0n) is 17.3. The smallest absolute Gasteiger partial charge is 0.197 e. The highest BCUT2D eigenvalue weighted by Crippen LogP contribution is 2.39. The Morgan fingerprint density at radius 2 is 1.27 bits per heavy atom. The molecule has 0 saturated heterocycles. The van der Waals surface area contributed by atoms with E-state index in [0.29, 0.717) is 39.9 Å². The van der Waals surface area contributed by atoms with Crippen LogP contribution in [0.4, 0.5) is 0 Å². The molecule has 30 heavy (non-hydrogen) atoms. The van der Waals surface area contributed by atoms with Gasteiger partial charge in [0.2, 0.25) is 0 Å². The van der Waals surface area contributed by atoms with Crippen LogP contribution in [-0.2, 0) is 6.61 Å². The maximum absolute atomic E-state index is 13.4. The lowest BCUT2D eigenvalue weighted by Crippen LogP contribution is -2.04. The second-order valence-electron chi connectivity index (χ2n) is 6.76. The molecule has 0 saturated carbocycles. The van der Waals surface area contributed by atoms with Crippen LogP contribution in [0.25, 0.3) is 11.1 Å². The minimum absolute atomic E-state index is 0.124. The molecular weight excluding hydrogens is 384 g/mol. The fourth-order valence-corrected chi connectivity index (χ4v) is 3.57. The van der Waals surface area contributed by atoms with Gasteiger partial charge in [-0.15, -0.1) is 0 Å². The fraction of sp³-hybridized carbons (Fsp3) is 0.208. The van der Waals surface area contributed by atoms with E-state index in [1.807, 2.05) is 36.4 Å². The Labute approximate surface area is 174 Å². The Bertz CT molecular complexity index is 1120. The van der Waals surface area contributed by atoms with E-state index < -0.39 is 0 Å². The summed E-state index contributed by atoms with van der Waals surface area (Å²) in [5, 5.41) is 0. The van der Waals surface area contributed by atoms with Gasteiger partial charge >= 0.3 is 0 Å². The number of ketones is 1. The van der Waals surface area contributed by atoms with Gasteiger partial charge in [0, 0.05) is 17.2 Å². The van der Waals surface area contributed by atoms with Gasteiger partial charge in [0.05, 0.1) is 34.0 Å². The van der Waals surface area contributed by atoms with Crippen LogP contribution in [0.5, 0.6) is 28.7 Å². The summed E-state index contributed by atoms with van der Waals surface area (Å²) in [6.45, 7) is 0.287. The zero-order chi connectivity index (χ0) is 21.3. The molecule has 3 aromatic rings. The van der Waals surface area contributed by atoms with E-state index >= 15 is 0 Å². The number of hydrogen-bond donors (Lipinski definition) is 0. The predicted molar refractivity (Wildman–Crippen MR) is 112 cm³/mol. The van der Waals surface area contributed by atoms with Crippen LogP contribution in [0, 0.1) is 0 Å². The van der Waals surface area contributed by atoms with Crippen LogP contribution >= 0.6 is 0 Å². The summed E-state index contributed by atoms with van der Waals surface area (Å²) in [4.78, 5) is 13.4. The minimum Gasteiger partial charge on any atom is -0.493 e. The predicted octanol–water partition coefficient (Wildman–Crippen LogP) is 4.51. The van der Waals surface area contributed by atoms with Gasteiger partial charge in [-0.05, 0) is 35.4 Å². The highest BCUT2D eigenvalue weighted by Gasteiger charge is 2.25. The van der Waals surface area contributed by atoms with Crippen LogP contribution < -0.4 is 23.7 Å². The lowest BCUT2D eigenvalue weighted by atomic mass is 9.94. The van der Waals surface area contributed by atoms with Crippen LogP contribution in [-0.4, -0.2) is 34.2 Å². The third-order valence-corrected chi connectivity index (χ3v) is 5.18. The molecule has 0 N–H and O–H groups in total. The number of benzene rings is 3. The SMILES string of the molecule is COc1ccc(-c2ccc3c(c2)C(=O)c2cc(OC)c(OC)cc2OC3)cc1OC. The standard InChI is InChI=1S/C24H22O6/c1-26-19-8-7-15(10-21(19)27-2)14-5-6-16-13-30-20-12-23(29-4)22(28-3)11-18(20)24(25)17(16)9-14/h5-12H,13H2,1-4H3. The summed E-state index contributed by atoms with van der Waals surface area (Å²) in [5.74, 6) is 2.62. The molecule has 6 heteroatoms. The van der Waals surface area contributed by atoms with Gasteiger partial charge in [-0.1, -0.05) is 18.2 Å². The number of hydrogen-bond acceptors (Lipinski definition) is 6. The van der Waals surface area contributed by atoms with E-state index in [2.05, 4.69) is 0 Å². The van der Waals surface area contributed by atoms with Crippen molar-refractivity contribution in [2.75, 3.05) is 28.4 Å². The molecule has 0 spiro atoms. The molecule has 0 radical (unpaired) electrons. The van der Waals surface area contributed by atoms with Gasteiger partial charge in [0.1, 0.15) is 12.4 Å². The van der Waals surface area contributed by atoms with E-state index in [9.17, 15) is 4.79 Å². The fourth-order valence-electron chi connectivity index (χ4n) is 3.57. The van der Waals surface area contributed by atoms with Crippen molar-refractivity contribution in [1.82, 2.24) is 0 Å². The van der Waals surface area contributed by atoms with Crippen molar-refractivity contribution in [2.24, 2.45) is 0 Å². The highest BCUT2D eigenvalue weighted by atomic mass is 16.5. The van der Waals surface area contributed by atoms with Crippen LogP contribution in [0.3, 0.4) is 0 Å². The summed E-state index contributed by atoms with van der Waals surface area (Å²) in [6, 6.07) is 14.8. The van der Waals surface area contributed by atoms with Crippen molar-refractivity contribution in [2.45, 2.75) is 6.61 Å². The maximum Gasteiger partial charge on any atom is 0.197 e. The summed E-state index contributed by atoms with van der Waals surface area (Å²) in [7, 11) is 6.28. The molecule has 0 fully saturated rings. The topological polar surface area (TPSA) is 63.2 Å². The lowest BCUT2D eigenvalue weighted by Gasteiger charge is -2.12. The van der Waals surface area contributed by atoms with Crippen molar-refractivity contribution >= 4 is 5.78 Å². The number of methoxy groups -OCH3 is 4. The van der Waals surface area contributed by atoms with Gasteiger partial charge in [-0.2, -0.15) is 0 Å². The number of carbonyl (C=O) groups is 1. The van der Waals surface area contributed by atoms with Crippen LogP contribution in [0.1, 0.15) is 21.5 Å². The summed E-state index contributed by atoms with van der Waals surface area (Å²) < 4.78 is 27.3.